The summed E-state index contributed by atoms with van der Waals surface area (Å²) in [7, 11) is 0. The van der Waals surface area contributed by atoms with Gasteiger partial charge in [0.1, 0.15) is 0 Å². The van der Waals surface area contributed by atoms with Crippen molar-refractivity contribution in [2.45, 2.75) is 50.8 Å². The lowest BCUT2D eigenvalue weighted by atomic mass is 10.0. The zero-order chi connectivity index (χ0) is 12.3. The average molecular weight is 302 g/mol. The van der Waals surface area contributed by atoms with Gasteiger partial charge >= 0.3 is 0 Å². The maximum absolute atomic E-state index is 10.2. The van der Waals surface area contributed by atoms with Gasteiger partial charge in [-0.15, -0.1) is 0 Å². The quantitative estimate of drug-likeness (QED) is 0.874. The van der Waals surface area contributed by atoms with Crippen LogP contribution in [0.4, 0.5) is 0 Å². The van der Waals surface area contributed by atoms with E-state index in [0.717, 1.165) is 36.7 Å². The largest absolute Gasteiger partial charge is 0.389 e. The molecule has 96 valence electrons. The molecule has 4 nitrogen and oxygen atoms in total. The molecule has 1 saturated carbocycles. The first-order valence-electron chi connectivity index (χ1n) is 6.21. The van der Waals surface area contributed by atoms with E-state index in [4.69, 9.17) is 0 Å². The summed E-state index contributed by atoms with van der Waals surface area (Å²) in [6.07, 6.45) is 7.91. The molecule has 1 heterocycles. The minimum absolute atomic E-state index is 0.312. The van der Waals surface area contributed by atoms with Gasteiger partial charge in [0.15, 0.2) is 0 Å². The van der Waals surface area contributed by atoms with Crippen molar-refractivity contribution in [3.63, 3.8) is 0 Å². The van der Waals surface area contributed by atoms with E-state index in [1.807, 2.05) is 10.9 Å². The second-order valence-corrected chi connectivity index (χ2v) is 6.01. The molecule has 2 N–H and O–H groups in total. The van der Waals surface area contributed by atoms with E-state index in [1.165, 1.54) is 0 Å². The number of rotatable bonds is 5. The zero-order valence-corrected chi connectivity index (χ0v) is 11.8. The number of hydrogen-bond acceptors (Lipinski definition) is 3. The Bertz CT molecular complexity index is 360. The highest BCUT2D eigenvalue weighted by Gasteiger charge is 2.30. The third-order valence-electron chi connectivity index (χ3n) is 3.38. The van der Waals surface area contributed by atoms with Crippen molar-refractivity contribution < 1.29 is 5.11 Å². The molecule has 0 amide bonds. The Morgan fingerprint density at radius 3 is 2.88 bits per heavy atom. The van der Waals surface area contributed by atoms with Crippen LogP contribution in [-0.4, -0.2) is 33.1 Å². The van der Waals surface area contributed by atoms with Crippen LogP contribution in [0.15, 0.2) is 16.9 Å². The Balaban J connectivity index is 1.75. The summed E-state index contributed by atoms with van der Waals surface area (Å²) in [5.74, 6) is 0. The molecule has 2 rings (SSSR count). The number of halogens is 1. The third-order valence-corrected chi connectivity index (χ3v) is 3.79. The van der Waals surface area contributed by atoms with Gasteiger partial charge in [-0.05, 0) is 35.7 Å². The molecule has 5 heteroatoms. The van der Waals surface area contributed by atoms with Crippen molar-refractivity contribution in [2.24, 2.45) is 0 Å². The van der Waals surface area contributed by atoms with Gasteiger partial charge in [-0.25, -0.2) is 0 Å². The summed E-state index contributed by atoms with van der Waals surface area (Å²) in [6.45, 7) is 3.63. The molecule has 0 radical (unpaired) electrons. The normalized spacial score (nSPS) is 20.6. The predicted molar refractivity (Wildman–Crippen MR) is 70.8 cm³/mol. The van der Waals surface area contributed by atoms with Crippen LogP contribution in [-0.2, 0) is 6.54 Å². The molecule has 0 bridgehead atoms. The molecule has 1 aliphatic rings. The maximum atomic E-state index is 10.2. The molecule has 0 saturated heterocycles. The number of hydrogen-bond donors (Lipinski definition) is 2. The topological polar surface area (TPSA) is 50.1 Å². The molecular weight excluding hydrogens is 282 g/mol. The van der Waals surface area contributed by atoms with E-state index in [2.05, 4.69) is 33.3 Å². The van der Waals surface area contributed by atoms with Crippen LogP contribution in [0.25, 0.3) is 0 Å². The third kappa shape index (κ3) is 3.79. The molecule has 0 aliphatic heterocycles. The maximum Gasteiger partial charge on any atom is 0.0771 e. The van der Waals surface area contributed by atoms with Crippen LogP contribution >= 0.6 is 15.9 Å². The number of aromatic nitrogens is 2. The number of nitrogens with zero attached hydrogens (tertiary/aromatic N) is 2. The van der Waals surface area contributed by atoms with Crippen LogP contribution in [0, 0.1) is 0 Å². The van der Waals surface area contributed by atoms with Crippen LogP contribution in [0.5, 0.6) is 0 Å². The summed E-state index contributed by atoms with van der Waals surface area (Å²) in [4.78, 5) is 0. The van der Waals surface area contributed by atoms with Gasteiger partial charge in [-0.2, -0.15) is 5.10 Å². The Hall–Kier alpha value is -0.390. The summed E-state index contributed by atoms with van der Waals surface area (Å²) < 4.78 is 2.90. The van der Waals surface area contributed by atoms with Gasteiger partial charge in [0.25, 0.3) is 0 Å². The number of nitrogens with one attached hydrogen (secondary N) is 1. The molecular formula is C12H20BrN3O. The van der Waals surface area contributed by atoms with Gasteiger partial charge in [0.05, 0.1) is 22.8 Å². The van der Waals surface area contributed by atoms with Crippen molar-refractivity contribution in [2.75, 3.05) is 6.54 Å². The lowest BCUT2D eigenvalue weighted by Crippen LogP contribution is -2.43. The van der Waals surface area contributed by atoms with Crippen LogP contribution < -0.4 is 5.32 Å². The summed E-state index contributed by atoms with van der Waals surface area (Å²) in [5, 5.41) is 17.8. The van der Waals surface area contributed by atoms with Crippen molar-refractivity contribution >= 4 is 15.9 Å². The Labute approximate surface area is 111 Å². The van der Waals surface area contributed by atoms with Gasteiger partial charge in [-0.3, -0.25) is 4.68 Å². The first kappa shape index (κ1) is 13.1. The van der Waals surface area contributed by atoms with E-state index in [-0.39, 0.29) is 0 Å². The smallest absolute Gasteiger partial charge is 0.0771 e. The van der Waals surface area contributed by atoms with E-state index in [9.17, 15) is 5.11 Å². The predicted octanol–water partition coefficient (Wildman–Crippen LogP) is 1.93. The van der Waals surface area contributed by atoms with Gasteiger partial charge in [-0.1, -0.05) is 12.8 Å². The van der Waals surface area contributed by atoms with Crippen molar-refractivity contribution in [1.82, 2.24) is 15.1 Å². The van der Waals surface area contributed by atoms with Crippen LogP contribution in [0.1, 0.15) is 32.6 Å². The fourth-order valence-corrected chi connectivity index (χ4v) is 2.69. The van der Waals surface area contributed by atoms with Crippen molar-refractivity contribution in [3.05, 3.63) is 16.9 Å². The fraction of sp³-hybridized carbons (Fsp3) is 0.750. The van der Waals surface area contributed by atoms with Crippen LogP contribution in [0.3, 0.4) is 0 Å². The fourth-order valence-electron chi connectivity index (χ4n) is 2.36. The van der Waals surface area contributed by atoms with Gasteiger partial charge < -0.3 is 10.4 Å². The van der Waals surface area contributed by atoms with E-state index < -0.39 is 5.60 Å². The molecule has 0 spiro atoms. The van der Waals surface area contributed by atoms with Crippen molar-refractivity contribution in [1.29, 1.82) is 0 Å². The van der Waals surface area contributed by atoms with E-state index in [0.29, 0.717) is 12.6 Å². The summed E-state index contributed by atoms with van der Waals surface area (Å²) >= 11 is 3.38. The average Bonchev–Trinajstić information content (AvgIpc) is 2.86. The minimum Gasteiger partial charge on any atom is -0.389 e. The van der Waals surface area contributed by atoms with E-state index in [1.54, 1.807) is 6.20 Å². The SMILES string of the molecule is CC(Cn1cc(Br)cn1)NCC1(O)CCCC1. The molecule has 1 aliphatic carbocycles. The first-order chi connectivity index (χ1) is 8.07. The molecule has 1 fully saturated rings. The van der Waals surface area contributed by atoms with Gasteiger partial charge in [0.2, 0.25) is 0 Å². The Morgan fingerprint density at radius 1 is 1.59 bits per heavy atom. The highest BCUT2D eigenvalue weighted by Crippen LogP contribution is 2.28. The second kappa shape index (κ2) is 5.50. The Kier molecular flexibility index (Phi) is 4.22. The molecule has 1 atom stereocenters. The minimum atomic E-state index is -0.473. The Morgan fingerprint density at radius 2 is 2.29 bits per heavy atom. The van der Waals surface area contributed by atoms with Crippen molar-refractivity contribution in [3.8, 4) is 0 Å². The van der Waals surface area contributed by atoms with E-state index >= 15 is 0 Å². The lowest BCUT2D eigenvalue weighted by molar-refractivity contribution is 0.0447. The second-order valence-electron chi connectivity index (χ2n) is 5.09. The molecule has 17 heavy (non-hydrogen) atoms. The molecule has 1 unspecified atom stereocenters. The molecule has 1 aromatic rings. The molecule has 0 aromatic carbocycles. The molecule has 1 aromatic heterocycles. The van der Waals surface area contributed by atoms with Crippen LogP contribution in [0.2, 0.25) is 0 Å². The highest BCUT2D eigenvalue weighted by molar-refractivity contribution is 9.10. The summed E-state index contributed by atoms with van der Waals surface area (Å²) in [5.41, 5.74) is -0.473. The lowest BCUT2D eigenvalue weighted by Gasteiger charge is -2.25. The summed E-state index contributed by atoms with van der Waals surface area (Å²) in [6, 6.07) is 0.312. The zero-order valence-electron chi connectivity index (χ0n) is 10.2. The standard InChI is InChI=1S/C12H20BrN3O/c1-10(7-16-8-11(13)6-15-16)14-9-12(17)4-2-3-5-12/h6,8,10,14,17H,2-5,7,9H2,1H3. The highest BCUT2D eigenvalue weighted by atomic mass is 79.9. The van der Waals surface area contributed by atoms with Gasteiger partial charge in [0, 0.05) is 18.8 Å². The monoisotopic (exact) mass is 301 g/mol. The first-order valence-corrected chi connectivity index (χ1v) is 7.00. The number of aliphatic hydroxyl groups is 1.